The Morgan fingerprint density at radius 1 is 1.31 bits per heavy atom. The first-order valence-corrected chi connectivity index (χ1v) is 10.7. The van der Waals surface area contributed by atoms with Gasteiger partial charge in [0.15, 0.2) is 0 Å². The van der Waals surface area contributed by atoms with Gasteiger partial charge in [-0.2, -0.15) is 0 Å². The lowest BCUT2D eigenvalue weighted by molar-refractivity contribution is -0.119. The molecule has 1 aliphatic rings. The number of aromatic amines is 1. The van der Waals surface area contributed by atoms with Crippen LogP contribution in [0.1, 0.15) is 22.0 Å². The number of carbonyl (C=O) groups excluding carboxylic acids is 2. The summed E-state index contributed by atoms with van der Waals surface area (Å²) in [6.07, 6.45) is 0.548. The van der Waals surface area contributed by atoms with Crippen LogP contribution in [0.2, 0.25) is 0 Å². The van der Waals surface area contributed by atoms with Gasteiger partial charge in [-0.15, -0.1) is 16.9 Å². The summed E-state index contributed by atoms with van der Waals surface area (Å²) >= 11 is 4.97. The van der Waals surface area contributed by atoms with Crippen molar-refractivity contribution in [1.29, 1.82) is 0 Å². The number of anilines is 1. The van der Waals surface area contributed by atoms with E-state index in [1.54, 1.807) is 11.9 Å². The third-order valence-corrected chi connectivity index (χ3v) is 6.22. The van der Waals surface area contributed by atoms with Gasteiger partial charge in [-0.05, 0) is 23.8 Å². The van der Waals surface area contributed by atoms with Crippen LogP contribution in [-0.2, 0) is 11.2 Å². The van der Waals surface area contributed by atoms with E-state index in [-0.39, 0.29) is 11.7 Å². The average molecular weight is 472 g/mol. The Morgan fingerprint density at radius 2 is 2.10 bits per heavy atom. The quantitative estimate of drug-likeness (QED) is 0.610. The molecule has 0 saturated carbocycles. The number of carbonyl (C=O) groups is 2. The van der Waals surface area contributed by atoms with Crippen molar-refractivity contribution >= 4 is 45.2 Å². The molecule has 1 aromatic heterocycles. The zero-order valence-electron chi connectivity index (χ0n) is 15.6. The Hall–Kier alpha value is -2.65. The number of thioether (sulfide) groups is 1. The Bertz CT molecular complexity index is 1060. The highest BCUT2D eigenvalue weighted by Crippen LogP contribution is 2.35. The van der Waals surface area contributed by atoms with E-state index in [0.29, 0.717) is 18.0 Å². The molecule has 0 unspecified atom stereocenters. The van der Waals surface area contributed by atoms with Crippen LogP contribution in [0, 0.1) is 0 Å². The van der Waals surface area contributed by atoms with Crippen LogP contribution in [0.5, 0.6) is 0 Å². The molecule has 2 aromatic carbocycles. The van der Waals surface area contributed by atoms with Gasteiger partial charge in [0.25, 0.3) is 5.91 Å². The van der Waals surface area contributed by atoms with Crippen molar-refractivity contribution < 1.29 is 9.59 Å². The fraction of sp³-hybridized carbons (Fsp3) is 0.200. The lowest BCUT2D eigenvalue weighted by Crippen LogP contribution is -2.48. The van der Waals surface area contributed by atoms with Gasteiger partial charge in [-0.1, -0.05) is 46.3 Å². The molecule has 2 heterocycles. The van der Waals surface area contributed by atoms with Crippen LogP contribution >= 0.6 is 27.7 Å². The highest BCUT2D eigenvalue weighted by atomic mass is 79.9. The molecule has 1 atom stereocenters. The van der Waals surface area contributed by atoms with E-state index in [2.05, 4.69) is 36.4 Å². The highest BCUT2D eigenvalue weighted by molar-refractivity contribution is 9.10. The molecule has 4 rings (SSSR count). The summed E-state index contributed by atoms with van der Waals surface area (Å²) in [5.74, 6) is 0.408. The maximum absolute atomic E-state index is 12.9. The normalized spacial score (nSPS) is 16.3. The molecular weight excluding hydrogens is 454 g/mol. The largest absolute Gasteiger partial charge is 0.337 e. The number of fused-ring (bicyclic) bond motifs is 1. The number of nitrogens with zero attached hydrogens (tertiary/aromatic N) is 3. The molecule has 0 spiro atoms. The van der Waals surface area contributed by atoms with Gasteiger partial charge >= 0.3 is 0 Å². The summed E-state index contributed by atoms with van der Waals surface area (Å²) in [4.78, 5) is 32.3. The number of nitrogens with one attached hydrogen (secondary N) is 2. The minimum atomic E-state index is -0.667. The summed E-state index contributed by atoms with van der Waals surface area (Å²) in [6, 6.07) is 14.9. The third-order valence-electron chi connectivity index (χ3n) is 4.57. The average Bonchev–Trinajstić information content (AvgIpc) is 3.16. The van der Waals surface area contributed by atoms with Crippen LogP contribution in [0.25, 0.3) is 0 Å². The topological polar surface area (TPSA) is 91.0 Å². The van der Waals surface area contributed by atoms with E-state index in [1.165, 1.54) is 11.8 Å². The van der Waals surface area contributed by atoms with E-state index in [4.69, 9.17) is 0 Å². The Morgan fingerprint density at radius 3 is 2.90 bits per heavy atom. The fourth-order valence-electron chi connectivity index (χ4n) is 3.06. The number of aromatic nitrogens is 3. The molecule has 0 saturated heterocycles. The summed E-state index contributed by atoms with van der Waals surface area (Å²) in [5, 5.41) is 9.58. The zero-order valence-corrected chi connectivity index (χ0v) is 18.0. The van der Waals surface area contributed by atoms with Crippen molar-refractivity contribution in [2.75, 3.05) is 17.7 Å². The maximum atomic E-state index is 12.9. The van der Waals surface area contributed by atoms with Crippen molar-refractivity contribution in [2.45, 2.75) is 17.4 Å². The molecule has 0 radical (unpaired) electrons. The third kappa shape index (κ3) is 4.35. The SMILES string of the molecule is CN1C(=O)[C@@H](NC(=O)c2n[nH]c(Cc3ccccc3)n2)CSc2ccc(Br)cc21. The molecule has 7 nitrogen and oxygen atoms in total. The van der Waals surface area contributed by atoms with Gasteiger partial charge in [-0.25, -0.2) is 4.98 Å². The summed E-state index contributed by atoms with van der Waals surface area (Å²) in [7, 11) is 1.71. The zero-order chi connectivity index (χ0) is 20.4. The fourth-order valence-corrected chi connectivity index (χ4v) is 4.49. The Kier molecular flexibility index (Phi) is 5.68. The predicted octanol–water partition coefficient (Wildman–Crippen LogP) is 3.03. The lowest BCUT2D eigenvalue weighted by Gasteiger charge is -2.21. The number of benzene rings is 2. The van der Waals surface area contributed by atoms with Gasteiger partial charge in [0.1, 0.15) is 11.9 Å². The van der Waals surface area contributed by atoms with Gasteiger partial charge < -0.3 is 10.2 Å². The van der Waals surface area contributed by atoms with Crippen molar-refractivity contribution in [1.82, 2.24) is 20.5 Å². The van der Waals surface area contributed by atoms with Crippen molar-refractivity contribution in [3.05, 3.63) is 70.2 Å². The molecule has 0 bridgehead atoms. The van der Waals surface area contributed by atoms with Crippen molar-refractivity contribution in [2.24, 2.45) is 0 Å². The van der Waals surface area contributed by atoms with Crippen LogP contribution in [0.3, 0.4) is 0 Å². The minimum absolute atomic E-state index is 0.0286. The molecule has 29 heavy (non-hydrogen) atoms. The molecule has 0 aliphatic carbocycles. The van der Waals surface area contributed by atoms with E-state index in [1.807, 2.05) is 48.5 Å². The van der Waals surface area contributed by atoms with Gasteiger partial charge in [-0.3, -0.25) is 14.7 Å². The number of hydrogen-bond donors (Lipinski definition) is 2. The molecule has 9 heteroatoms. The number of hydrogen-bond acceptors (Lipinski definition) is 5. The minimum Gasteiger partial charge on any atom is -0.337 e. The summed E-state index contributed by atoms with van der Waals surface area (Å²) < 4.78 is 0.894. The van der Waals surface area contributed by atoms with Crippen LogP contribution in [0.15, 0.2) is 57.9 Å². The second-order valence-corrected chi connectivity index (χ2v) is 8.59. The van der Waals surface area contributed by atoms with Crippen LogP contribution in [-0.4, -0.2) is 45.8 Å². The first kappa shape index (κ1) is 19.7. The molecule has 2 N–H and O–H groups in total. The standard InChI is InChI=1S/C20H18BrN5O2S/c1-26-15-10-13(21)7-8-16(15)29-11-14(20(26)28)22-19(27)18-23-17(24-25-18)9-12-5-3-2-4-6-12/h2-8,10,14H,9,11H2,1H3,(H,22,27)(H,23,24,25)/t14-/m0/s1. The summed E-state index contributed by atoms with van der Waals surface area (Å²) in [6.45, 7) is 0. The highest BCUT2D eigenvalue weighted by Gasteiger charge is 2.31. The van der Waals surface area contributed by atoms with E-state index >= 15 is 0 Å². The number of likely N-dealkylation sites (N-methyl/N-ethyl adjacent to an activating group) is 1. The molecular formula is C20H18BrN5O2S. The molecule has 2 amide bonds. The van der Waals surface area contributed by atoms with Gasteiger partial charge in [0.05, 0.1) is 5.69 Å². The van der Waals surface area contributed by atoms with Crippen molar-refractivity contribution in [3.8, 4) is 0 Å². The van der Waals surface area contributed by atoms with Crippen LogP contribution < -0.4 is 10.2 Å². The van der Waals surface area contributed by atoms with Crippen molar-refractivity contribution in [3.63, 3.8) is 0 Å². The Balaban J connectivity index is 1.45. The van der Waals surface area contributed by atoms with Gasteiger partial charge in [0, 0.05) is 28.6 Å². The predicted molar refractivity (Wildman–Crippen MR) is 115 cm³/mol. The maximum Gasteiger partial charge on any atom is 0.291 e. The molecule has 3 aromatic rings. The smallest absolute Gasteiger partial charge is 0.291 e. The number of H-pyrrole nitrogens is 1. The first-order valence-electron chi connectivity index (χ1n) is 8.97. The summed E-state index contributed by atoms with van der Waals surface area (Å²) in [5.41, 5.74) is 1.88. The molecule has 148 valence electrons. The number of amides is 2. The lowest BCUT2D eigenvalue weighted by atomic mass is 10.1. The van der Waals surface area contributed by atoms with Crippen LogP contribution in [0.4, 0.5) is 5.69 Å². The molecule has 0 fully saturated rings. The monoisotopic (exact) mass is 471 g/mol. The first-order chi connectivity index (χ1) is 14.0. The second-order valence-electron chi connectivity index (χ2n) is 6.61. The number of halogens is 1. The van der Waals surface area contributed by atoms with E-state index in [9.17, 15) is 9.59 Å². The second kappa shape index (κ2) is 8.38. The van der Waals surface area contributed by atoms with E-state index in [0.717, 1.165) is 20.6 Å². The van der Waals surface area contributed by atoms with Gasteiger partial charge in [0.2, 0.25) is 11.7 Å². The Labute approximate surface area is 180 Å². The number of rotatable bonds is 4. The van der Waals surface area contributed by atoms with E-state index < -0.39 is 11.9 Å². The molecule has 1 aliphatic heterocycles.